The second kappa shape index (κ2) is 8.65. The van der Waals surface area contributed by atoms with Gasteiger partial charge >= 0.3 is 0 Å². The Bertz CT molecular complexity index is 1330. The molecule has 5 rings (SSSR count). The number of nitrogens with zero attached hydrogens (tertiary/aromatic N) is 5. The van der Waals surface area contributed by atoms with Gasteiger partial charge in [0.15, 0.2) is 5.82 Å². The molecule has 4 heterocycles. The van der Waals surface area contributed by atoms with E-state index in [1.54, 1.807) is 12.4 Å². The Hall–Kier alpha value is -3.34. The number of hydrogen-bond donors (Lipinski definition) is 2. The molecule has 0 unspecified atom stereocenters. The molecule has 3 aromatic rings. The topological polar surface area (TPSA) is 102 Å². The molecule has 2 aliphatic rings. The first-order chi connectivity index (χ1) is 15.6. The van der Waals surface area contributed by atoms with Crippen LogP contribution >= 0.6 is 21.0 Å². The number of amidine groups is 1. The SMILES string of the molecule is Cc1cc2c(N)nccc2c(C)c1CNc1cc(OCC2=CN3C=IN=C3C=C2)cnn1. The van der Waals surface area contributed by atoms with Crippen LogP contribution in [0.5, 0.6) is 5.75 Å². The molecule has 0 saturated heterocycles. The molecule has 1 aromatic carbocycles. The third-order valence-electron chi connectivity index (χ3n) is 5.50. The van der Waals surface area contributed by atoms with Crippen LogP contribution in [0.3, 0.4) is 0 Å². The van der Waals surface area contributed by atoms with Crippen LogP contribution in [0.2, 0.25) is 0 Å². The molecule has 9 heteroatoms. The molecule has 8 nitrogen and oxygen atoms in total. The lowest BCUT2D eigenvalue weighted by atomic mass is 9.96. The molecular formula is C23H22IN7O. The molecule has 0 radical (unpaired) electrons. The van der Waals surface area contributed by atoms with E-state index >= 15 is 0 Å². The minimum absolute atomic E-state index is 0.214. The van der Waals surface area contributed by atoms with Crippen molar-refractivity contribution in [2.45, 2.75) is 20.4 Å². The number of ether oxygens (including phenoxy) is 1. The molecule has 3 N–H and O–H groups in total. The van der Waals surface area contributed by atoms with Gasteiger partial charge in [0.1, 0.15) is 24.0 Å². The van der Waals surface area contributed by atoms with E-state index in [1.165, 1.54) is 11.1 Å². The van der Waals surface area contributed by atoms with Crippen LogP contribution in [0.25, 0.3) is 10.8 Å². The van der Waals surface area contributed by atoms with Crippen LogP contribution in [0.1, 0.15) is 16.7 Å². The fourth-order valence-electron chi connectivity index (χ4n) is 3.77. The highest BCUT2D eigenvalue weighted by atomic mass is 127. The lowest BCUT2D eigenvalue weighted by Gasteiger charge is -2.17. The zero-order valence-corrected chi connectivity index (χ0v) is 19.9. The monoisotopic (exact) mass is 539 g/mol. The van der Waals surface area contributed by atoms with Crippen LogP contribution in [0.4, 0.5) is 11.6 Å². The van der Waals surface area contributed by atoms with Gasteiger partial charge in [0.05, 0.1) is 10.3 Å². The fourth-order valence-corrected chi connectivity index (χ4v) is 5.31. The number of nitrogen functional groups attached to an aromatic ring is 1. The summed E-state index contributed by atoms with van der Waals surface area (Å²) in [5.41, 5.74) is 10.7. The number of nitrogens with one attached hydrogen (secondary N) is 1. The normalized spacial score (nSPS) is 14.6. The number of pyridine rings is 1. The van der Waals surface area contributed by atoms with Crippen molar-refractivity contribution in [3.05, 3.63) is 71.2 Å². The van der Waals surface area contributed by atoms with Crippen LogP contribution in [-0.4, -0.2) is 36.7 Å². The maximum atomic E-state index is 6.06. The van der Waals surface area contributed by atoms with Gasteiger partial charge in [0.2, 0.25) is 0 Å². The van der Waals surface area contributed by atoms with Gasteiger partial charge in [-0.15, -0.1) is 5.10 Å². The van der Waals surface area contributed by atoms with Crippen LogP contribution in [0.15, 0.2) is 57.7 Å². The number of rotatable bonds is 6. The molecule has 0 bridgehead atoms. The van der Waals surface area contributed by atoms with Gasteiger partial charge in [-0.2, -0.15) is 5.10 Å². The zero-order chi connectivity index (χ0) is 22.1. The van der Waals surface area contributed by atoms with Gasteiger partial charge in [-0.05, 0) is 54.1 Å². The van der Waals surface area contributed by atoms with E-state index in [2.05, 4.69) is 58.9 Å². The average molecular weight is 539 g/mol. The first-order valence-electron chi connectivity index (χ1n) is 10.1. The first-order valence-corrected chi connectivity index (χ1v) is 12.3. The summed E-state index contributed by atoms with van der Waals surface area (Å²) in [5, 5.41) is 13.8. The Labute approximate surface area is 196 Å². The van der Waals surface area contributed by atoms with Gasteiger partial charge in [-0.25, -0.2) is 8.19 Å². The van der Waals surface area contributed by atoms with Gasteiger partial charge in [0, 0.05) is 57.0 Å². The molecule has 32 heavy (non-hydrogen) atoms. The summed E-state index contributed by atoms with van der Waals surface area (Å²) >= 11 is -0.214. The van der Waals surface area contributed by atoms with Crippen LogP contribution < -0.4 is 15.8 Å². The first kappa shape index (κ1) is 20.6. The molecule has 0 spiro atoms. The summed E-state index contributed by atoms with van der Waals surface area (Å²) in [4.78, 5) is 6.27. The summed E-state index contributed by atoms with van der Waals surface area (Å²) in [7, 11) is 0. The van der Waals surface area contributed by atoms with E-state index in [-0.39, 0.29) is 21.0 Å². The largest absolute Gasteiger partial charge is 0.487 e. The smallest absolute Gasteiger partial charge is 0.152 e. The van der Waals surface area contributed by atoms with Crippen LogP contribution in [-0.2, 0) is 6.54 Å². The Morgan fingerprint density at radius 3 is 3.00 bits per heavy atom. The Morgan fingerprint density at radius 1 is 1.19 bits per heavy atom. The van der Waals surface area contributed by atoms with Crippen molar-refractivity contribution in [3.63, 3.8) is 0 Å². The third kappa shape index (κ3) is 4.07. The lowest BCUT2D eigenvalue weighted by molar-refractivity contribution is 0.352. The zero-order valence-electron chi connectivity index (χ0n) is 17.7. The molecule has 0 atom stereocenters. The number of anilines is 2. The summed E-state index contributed by atoms with van der Waals surface area (Å²) < 4.78 is 12.6. The summed E-state index contributed by atoms with van der Waals surface area (Å²) in [6.07, 6.45) is 9.50. The summed E-state index contributed by atoms with van der Waals surface area (Å²) in [6.45, 7) is 5.27. The molecule has 0 saturated carbocycles. The minimum Gasteiger partial charge on any atom is -0.487 e. The maximum Gasteiger partial charge on any atom is 0.152 e. The number of hydrogen-bond acceptors (Lipinski definition) is 8. The van der Waals surface area contributed by atoms with E-state index in [1.807, 2.05) is 24.3 Å². The summed E-state index contributed by atoms with van der Waals surface area (Å²) in [6, 6.07) is 5.96. The van der Waals surface area contributed by atoms with Crippen molar-refractivity contribution in [1.29, 1.82) is 0 Å². The van der Waals surface area contributed by atoms with Crippen LogP contribution in [0, 0.1) is 13.8 Å². The maximum absolute atomic E-state index is 6.06. The van der Waals surface area contributed by atoms with Gasteiger partial charge in [-0.3, -0.25) is 0 Å². The quantitative estimate of drug-likeness (QED) is 0.457. The predicted molar refractivity (Wildman–Crippen MR) is 137 cm³/mol. The van der Waals surface area contributed by atoms with Crippen molar-refractivity contribution in [2.24, 2.45) is 3.21 Å². The Morgan fingerprint density at radius 2 is 2.09 bits per heavy atom. The van der Waals surface area contributed by atoms with Gasteiger partial charge in [-0.1, -0.05) is 6.08 Å². The highest BCUT2D eigenvalue weighted by Gasteiger charge is 2.14. The predicted octanol–water partition coefficient (Wildman–Crippen LogP) is 4.03. The van der Waals surface area contributed by atoms with E-state index in [0.29, 0.717) is 30.5 Å². The second-order valence-electron chi connectivity index (χ2n) is 7.59. The molecule has 0 fully saturated rings. The van der Waals surface area contributed by atoms with E-state index in [9.17, 15) is 0 Å². The number of fused-ring (bicyclic) bond motifs is 2. The summed E-state index contributed by atoms with van der Waals surface area (Å²) in [5.74, 6) is 2.90. The van der Waals surface area contributed by atoms with Crippen molar-refractivity contribution >= 4 is 53.4 Å². The minimum atomic E-state index is -0.214. The number of aryl methyl sites for hydroxylation is 2. The molecule has 0 amide bonds. The standard InChI is InChI=1S/C23H22IN7O/c1-14-7-19-18(5-6-26-23(19)25)15(2)20(14)10-27-21-8-17(9-28-30-21)32-12-16-3-4-22-29-24-13-31(22)11-16/h3-9,11,13H,10,12H2,1-2H3,(H2,25,26)(H,27,30). The number of aromatic nitrogens is 3. The molecule has 162 valence electrons. The second-order valence-corrected chi connectivity index (χ2v) is 9.19. The van der Waals surface area contributed by atoms with Crippen molar-refractivity contribution in [2.75, 3.05) is 17.7 Å². The van der Waals surface area contributed by atoms with E-state index in [0.717, 1.165) is 27.7 Å². The van der Waals surface area contributed by atoms with E-state index < -0.39 is 0 Å². The van der Waals surface area contributed by atoms with Gasteiger partial charge < -0.3 is 20.7 Å². The van der Waals surface area contributed by atoms with E-state index in [4.69, 9.17) is 10.5 Å². The molecular weight excluding hydrogens is 517 g/mol. The van der Waals surface area contributed by atoms with Crippen molar-refractivity contribution < 1.29 is 4.74 Å². The molecule has 2 aromatic heterocycles. The Kier molecular flexibility index (Phi) is 5.56. The number of halogens is 1. The third-order valence-corrected chi connectivity index (χ3v) is 7.12. The van der Waals surface area contributed by atoms with Crippen molar-refractivity contribution in [1.82, 2.24) is 20.1 Å². The Balaban J connectivity index is 1.27. The number of benzene rings is 1. The van der Waals surface area contributed by atoms with Gasteiger partial charge in [0.25, 0.3) is 0 Å². The molecule has 2 aliphatic heterocycles. The fraction of sp³-hybridized carbons (Fsp3) is 0.174. The lowest BCUT2D eigenvalue weighted by Crippen LogP contribution is -2.22. The molecule has 0 aliphatic carbocycles. The van der Waals surface area contributed by atoms with Crippen molar-refractivity contribution in [3.8, 4) is 5.75 Å². The highest BCUT2D eigenvalue weighted by molar-refractivity contribution is 14.2. The number of nitrogens with two attached hydrogens (primary N) is 1. The highest BCUT2D eigenvalue weighted by Crippen LogP contribution is 2.28. The average Bonchev–Trinajstić information content (AvgIpc) is 3.27.